The van der Waals surface area contributed by atoms with Crippen molar-refractivity contribution in [2.75, 3.05) is 38.6 Å². The molecule has 0 atom stereocenters. The molecule has 7 heteroatoms. The van der Waals surface area contributed by atoms with Crippen molar-refractivity contribution in [2.45, 2.75) is 5.75 Å². The summed E-state index contributed by atoms with van der Waals surface area (Å²) in [7, 11) is 0. The minimum Gasteiger partial charge on any atom is -0.379 e. The normalized spacial score (nSPS) is 16.2. The van der Waals surface area contributed by atoms with Gasteiger partial charge < -0.3 is 4.74 Å². The van der Waals surface area contributed by atoms with Gasteiger partial charge in [0.05, 0.1) is 18.1 Å². The molecule has 1 aliphatic heterocycles. The van der Waals surface area contributed by atoms with Gasteiger partial charge >= 0.3 is 0 Å². The summed E-state index contributed by atoms with van der Waals surface area (Å²) in [5.74, 6) is 0.894. The van der Waals surface area contributed by atoms with Crippen LogP contribution < -0.4 is 0 Å². The first-order valence-electron chi connectivity index (χ1n) is 6.47. The number of hydrogen-bond acceptors (Lipinski definition) is 5. The molecule has 0 aliphatic carbocycles. The fourth-order valence-electron chi connectivity index (χ4n) is 2.05. The Bertz CT molecular complexity index is 467. The van der Waals surface area contributed by atoms with Gasteiger partial charge in [0, 0.05) is 42.8 Å². The number of nitrogens with zero attached hydrogens (tertiary/aromatic N) is 2. The number of rotatable bonds is 6. The van der Waals surface area contributed by atoms with Crippen molar-refractivity contribution >= 4 is 17.4 Å². The lowest BCUT2D eigenvalue weighted by Gasteiger charge is -2.26. The lowest BCUT2D eigenvalue weighted by molar-refractivity contribution is -0.385. The van der Waals surface area contributed by atoms with E-state index >= 15 is 0 Å². The van der Waals surface area contributed by atoms with E-state index in [1.54, 1.807) is 11.8 Å². The molecule has 0 aromatic heterocycles. The standard InChI is InChI=1S/C13H17FN2O3S/c14-12-1-2-13(16(17)18)11(9-12)10-20-8-5-15-3-6-19-7-4-15/h1-2,9H,3-8,10H2. The first-order chi connectivity index (χ1) is 9.66. The molecule has 0 radical (unpaired) electrons. The maximum absolute atomic E-state index is 13.2. The molecule has 0 N–H and O–H groups in total. The Balaban J connectivity index is 1.81. The quantitative estimate of drug-likeness (QED) is 0.458. The van der Waals surface area contributed by atoms with Gasteiger partial charge in [0.1, 0.15) is 5.82 Å². The third kappa shape index (κ3) is 4.43. The van der Waals surface area contributed by atoms with Crippen LogP contribution in [0.2, 0.25) is 0 Å². The van der Waals surface area contributed by atoms with E-state index in [-0.39, 0.29) is 5.69 Å². The van der Waals surface area contributed by atoms with Gasteiger partial charge in [-0.25, -0.2) is 4.39 Å². The van der Waals surface area contributed by atoms with Gasteiger partial charge in [-0.1, -0.05) is 0 Å². The first-order valence-corrected chi connectivity index (χ1v) is 7.63. The fourth-order valence-corrected chi connectivity index (χ4v) is 3.03. The van der Waals surface area contributed by atoms with Gasteiger partial charge in [0.15, 0.2) is 0 Å². The molecule has 1 saturated heterocycles. The second kappa shape index (κ2) is 7.56. The van der Waals surface area contributed by atoms with Crippen LogP contribution in [0.1, 0.15) is 5.56 Å². The second-order valence-corrected chi connectivity index (χ2v) is 5.64. The molecule has 1 aromatic rings. The topological polar surface area (TPSA) is 55.6 Å². The fraction of sp³-hybridized carbons (Fsp3) is 0.538. The lowest BCUT2D eigenvalue weighted by Crippen LogP contribution is -2.37. The molecular weight excluding hydrogens is 283 g/mol. The molecule has 20 heavy (non-hydrogen) atoms. The number of benzene rings is 1. The molecule has 0 spiro atoms. The van der Waals surface area contributed by atoms with Gasteiger partial charge in [-0.2, -0.15) is 11.8 Å². The summed E-state index contributed by atoms with van der Waals surface area (Å²) in [6.45, 7) is 4.32. The predicted octanol–water partition coefficient (Wildman–Crippen LogP) is 2.30. The second-order valence-electron chi connectivity index (χ2n) is 4.54. The minimum atomic E-state index is -0.461. The number of nitro groups is 1. The molecular formula is C13H17FN2O3S. The average Bonchev–Trinajstić information content (AvgIpc) is 2.44. The monoisotopic (exact) mass is 300 g/mol. The Labute approximate surface area is 121 Å². The van der Waals surface area contributed by atoms with Crippen LogP contribution in [0.25, 0.3) is 0 Å². The number of hydrogen-bond donors (Lipinski definition) is 0. The van der Waals surface area contributed by atoms with Gasteiger partial charge in [0.2, 0.25) is 0 Å². The average molecular weight is 300 g/mol. The highest BCUT2D eigenvalue weighted by molar-refractivity contribution is 7.98. The van der Waals surface area contributed by atoms with Gasteiger partial charge in [0.25, 0.3) is 5.69 Å². The first kappa shape index (κ1) is 15.2. The zero-order valence-corrected chi connectivity index (χ0v) is 11.9. The van der Waals surface area contributed by atoms with Crippen molar-refractivity contribution < 1.29 is 14.1 Å². The number of morpholine rings is 1. The number of nitro benzene ring substituents is 1. The van der Waals surface area contributed by atoms with E-state index in [2.05, 4.69) is 4.90 Å². The highest BCUT2D eigenvalue weighted by Gasteiger charge is 2.15. The Hall–Kier alpha value is -1.18. The highest BCUT2D eigenvalue weighted by Crippen LogP contribution is 2.24. The van der Waals surface area contributed by atoms with Crippen molar-refractivity contribution in [3.05, 3.63) is 39.7 Å². The molecule has 110 valence electrons. The third-order valence-electron chi connectivity index (χ3n) is 3.15. The van der Waals surface area contributed by atoms with Crippen LogP contribution in [0.4, 0.5) is 10.1 Å². The van der Waals surface area contributed by atoms with Crippen LogP contribution in [0.5, 0.6) is 0 Å². The number of thioether (sulfide) groups is 1. The van der Waals surface area contributed by atoms with Crippen molar-refractivity contribution in [3.8, 4) is 0 Å². The molecule has 0 bridgehead atoms. The molecule has 1 aliphatic rings. The summed E-state index contributed by atoms with van der Waals surface area (Å²) in [5, 5.41) is 10.9. The maximum Gasteiger partial charge on any atom is 0.273 e. The summed E-state index contributed by atoms with van der Waals surface area (Å²) in [4.78, 5) is 12.7. The van der Waals surface area contributed by atoms with Crippen LogP contribution in [-0.4, -0.2) is 48.4 Å². The number of halogens is 1. The van der Waals surface area contributed by atoms with Crippen LogP contribution in [0.15, 0.2) is 18.2 Å². The predicted molar refractivity (Wildman–Crippen MR) is 76.5 cm³/mol. The van der Waals surface area contributed by atoms with E-state index in [9.17, 15) is 14.5 Å². The Morgan fingerprint density at radius 2 is 2.15 bits per heavy atom. The zero-order valence-electron chi connectivity index (χ0n) is 11.1. The smallest absolute Gasteiger partial charge is 0.273 e. The van der Waals surface area contributed by atoms with E-state index in [1.807, 2.05) is 0 Å². The summed E-state index contributed by atoms with van der Waals surface area (Å²) >= 11 is 1.59. The van der Waals surface area contributed by atoms with E-state index in [0.717, 1.165) is 44.7 Å². The van der Waals surface area contributed by atoms with Crippen LogP contribution >= 0.6 is 11.8 Å². The van der Waals surface area contributed by atoms with Crippen LogP contribution in [0.3, 0.4) is 0 Å². The molecule has 0 unspecified atom stereocenters. The summed E-state index contributed by atoms with van der Waals surface area (Å²) < 4.78 is 18.4. The molecule has 5 nitrogen and oxygen atoms in total. The molecule has 0 amide bonds. The van der Waals surface area contributed by atoms with E-state index < -0.39 is 10.7 Å². The molecule has 1 fully saturated rings. The number of ether oxygens (including phenoxy) is 1. The summed E-state index contributed by atoms with van der Waals surface area (Å²) in [6.07, 6.45) is 0. The maximum atomic E-state index is 13.2. The Morgan fingerprint density at radius 1 is 1.40 bits per heavy atom. The summed E-state index contributed by atoms with van der Waals surface area (Å²) in [6, 6.07) is 3.60. The SMILES string of the molecule is O=[N+]([O-])c1ccc(F)cc1CSCCN1CCOCC1. The van der Waals surface area contributed by atoms with Crippen LogP contribution in [0, 0.1) is 15.9 Å². The van der Waals surface area contributed by atoms with Gasteiger partial charge in [-0.3, -0.25) is 15.0 Å². The van der Waals surface area contributed by atoms with E-state index in [1.165, 1.54) is 12.1 Å². The van der Waals surface area contributed by atoms with Crippen molar-refractivity contribution in [1.29, 1.82) is 0 Å². The molecule has 2 rings (SSSR count). The third-order valence-corrected chi connectivity index (χ3v) is 4.14. The molecule has 1 heterocycles. The van der Waals surface area contributed by atoms with Crippen molar-refractivity contribution in [2.24, 2.45) is 0 Å². The molecule has 1 aromatic carbocycles. The Morgan fingerprint density at radius 3 is 2.85 bits per heavy atom. The zero-order chi connectivity index (χ0) is 14.4. The molecule has 0 saturated carbocycles. The van der Waals surface area contributed by atoms with E-state index in [0.29, 0.717) is 11.3 Å². The minimum absolute atomic E-state index is 0.00901. The van der Waals surface area contributed by atoms with Gasteiger partial charge in [-0.05, 0) is 12.1 Å². The van der Waals surface area contributed by atoms with Crippen molar-refractivity contribution in [1.82, 2.24) is 4.90 Å². The van der Waals surface area contributed by atoms with Crippen molar-refractivity contribution in [3.63, 3.8) is 0 Å². The van der Waals surface area contributed by atoms with Gasteiger partial charge in [-0.15, -0.1) is 0 Å². The van der Waals surface area contributed by atoms with Crippen LogP contribution in [-0.2, 0) is 10.5 Å². The lowest BCUT2D eigenvalue weighted by atomic mass is 10.2. The highest BCUT2D eigenvalue weighted by atomic mass is 32.2. The summed E-state index contributed by atoms with van der Waals surface area (Å²) in [5.41, 5.74) is 0.437. The van der Waals surface area contributed by atoms with E-state index in [4.69, 9.17) is 4.74 Å². The largest absolute Gasteiger partial charge is 0.379 e. The Kier molecular flexibility index (Phi) is 5.75.